The molecule has 0 radical (unpaired) electrons. The third-order valence-corrected chi connectivity index (χ3v) is 6.94. The van der Waals surface area contributed by atoms with Crippen molar-refractivity contribution in [2.45, 2.75) is 0 Å². The second kappa shape index (κ2) is 9.23. The van der Waals surface area contributed by atoms with Gasteiger partial charge in [0.05, 0.1) is 6.26 Å². The van der Waals surface area contributed by atoms with Gasteiger partial charge in [-0.05, 0) is 59.4 Å². The van der Waals surface area contributed by atoms with E-state index in [1.54, 1.807) is 6.07 Å². The highest BCUT2D eigenvalue weighted by atomic mass is 32.2. The molecule has 9 heteroatoms. The number of fused-ring (bicyclic) bond motifs is 1. The van der Waals surface area contributed by atoms with E-state index >= 15 is 0 Å². The molecule has 0 bridgehead atoms. The minimum atomic E-state index is -3.14. The fourth-order valence-corrected chi connectivity index (χ4v) is 4.74. The predicted octanol–water partition coefficient (Wildman–Crippen LogP) is 3.05. The molecule has 0 saturated carbocycles. The van der Waals surface area contributed by atoms with Crippen LogP contribution in [0.2, 0.25) is 0 Å². The Kier molecular flexibility index (Phi) is 6.40. The van der Waals surface area contributed by atoms with Gasteiger partial charge < -0.3 is 10.2 Å². The molecule has 32 heavy (non-hydrogen) atoms. The Balaban J connectivity index is 1.33. The molecule has 1 saturated heterocycles. The second-order valence-electron chi connectivity index (χ2n) is 7.67. The molecule has 0 unspecified atom stereocenters. The van der Waals surface area contributed by atoms with Gasteiger partial charge >= 0.3 is 0 Å². The number of hydrogen-bond acceptors (Lipinski definition) is 5. The van der Waals surface area contributed by atoms with Crippen molar-refractivity contribution in [3.05, 3.63) is 72.3 Å². The van der Waals surface area contributed by atoms with Crippen LogP contribution in [0.25, 0.3) is 10.8 Å². The smallest absolute Gasteiger partial charge is 0.257 e. The van der Waals surface area contributed by atoms with Gasteiger partial charge in [0.15, 0.2) is 5.11 Å². The van der Waals surface area contributed by atoms with E-state index < -0.39 is 10.0 Å². The van der Waals surface area contributed by atoms with E-state index in [0.717, 1.165) is 22.1 Å². The number of nitrogens with one attached hydrogen (secondary N) is 2. The lowest BCUT2D eigenvalue weighted by Gasteiger charge is -2.34. The highest BCUT2D eigenvalue weighted by Crippen LogP contribution is 2.20. The van der Waals surface area contributed by atoms with Crippen LogP contribution in [0, 0.1) is 0 Å². The first kappa shape index (κ1) is 22.2. The van der Waals surface area contributed by atoms with Gasteiger partial charge in [0.25, 0.3) is 5.91 Å². The van der Waals surface area contributed by atoms with E-state index in [2.05, 4.69) is 15.5 Å². The monoisotopic (exact) mass is 468 g/mol. The average molecular weight is 469 g/mol. The lowest BCUT2D eigenvalue weighted by Crippen LogP contribution is -2.48. The number of benzene rings is 3. The maximum Gasteiger partial charge on any atom is 0.257 e. The van der Waals surface area contributed by atoms with Gasteiger partial charge in [0.1, 0.15) is 0 Å². The molecule has 0 atom stereocenters. The van der Waals surface area contributed by atoms with Crippen LogP contribution >= 0.6 is 12.2 Å². The van der Waals surface area contributed by atoms with E-state index in [9.17, 15) is 13.2 Å². The predicted molar refractivity (Wildman–Crippen MR) is 133 cm³/mol. The summed E-state index contributed by atoms with van der Waals surface area (Å²) in [6.45, 7) is 2.23. The molecule has 3 aromatic rings. The zero-order chi connectivity index (χ0) is 22.7. The maximum atomic E-state index is 12.6. The molecule has 1 aliphatic heterocycles. The topological polar surface area (TPSA) is 81.8 Å². The van der Waals surface area contributed by atoms with Crippen LogP contribution in [0.3, 0.4) is 0 Å². The van der Waals surface area contributed by atoms with Gasteiger partial charge in [-0.15, -0.1) is 0 Å². The van der Waals surface area contributed by atoms with Crippen molar-refractivity contribution in [2.24, 2.45) is 0 Å². The van der Waals surface area contributed by atoms with Crippen molar-refractivity contribution in [3.63, 3.8) is 0 Å². The molecule has 0 aliphatic carbocycles. The SMILES string of the molecule is CS(=O)(=O)N1CCN(c2ccc(NC(=S)NC(=O)c3ccc4ccccc4c3)cc2)CC1. The summed E-state index contributed by atoms with van der Waals surface area (Å²) < 4.78 is 24.8. The number of piperazine rings is 1. The minimum absolute atomic E-state index is 0.220. The van der Waals surface area contributed by atoms with Crippen molar-refractivity contribution >= 4 is 55.4 Å². The van der Waals surface area contributed by atoms with Gasteiger partial charge in [-0.25, -0.2) is 8.42 Å². The van der Waals surface area contributed by atoms with Gasteiger partial charge in [0.2, 0.25) is 10.0 Å². The molecule has 7 nitrogen and oxygen atoms in total. The summed E-state index contributed by atoms with van der Waals surface area (Å²) in [6.07, 6.45) is 1.24. The van der Waals surface area contributed by atoms with Crippen LogP contribution in [0.4, 0.5) is 11.4 Å². The first-order valence-electron chi connectivity index (χ1n) is 10.2. The van der Waals surface area contributed by atoms with E-state index in [0.29, 0.717) is 31.7 Å². The summed E-state index contributed by atoms with van der Waals surface area (Å²) in [4.78, 5) is 14.7. The summed E-state index contributed by atoms with van der Waals surface area (Å²) in [5.41, 5.74) is 2.30. The number of carbonyl (C=O) groups excluding carboxylic acids is 1. The number of anilines is 2. The molecule has 0 aromatic heterocycles. The van der Waals surface area contributed by atoms with Gasteiger partial charge in [0, 0.05) is 43.1 Å². The van der Waals surface area contributed by atoms with Crippen molar-refractivity contribution in [1.29, 1.82) is 0 Å². The number of carbonyl (C=O) groups is 1. The Labute approximate surface area is 193 Å². The van der Waals surface area contributed by atoms with Crippen molar-refractivity contribution < 1.29 is 13.2 Å². The quantitative estimate of drug-likeness (QED) is 0.573. The third kappa shape index (κ3) is 5.24. The summed E-state index contributed by atoms with van der Waals surface area (Å²) in [6, 6.07) is 21.1. The van der Waals surface area contributed by atoms with Gasteiger partial charge in [-0.1, -0.05) is 30.3 Å². The molecule has 0 spiro atoms. The molecular formula is C23H24N4O3S2. The Morgan fingerprint density at radius 2 is 1.56 bits per heavy atom. The summed E-state index contributed by atoms with van der Waals surface area (Å²) >= 11 is 5.30. The largest absolute Gasteiger partial charge is 0.369 e. The number of thiocarbonyl (C=S) groups is 1. The molecule has 4 rings (SSSR count). The Hall–Kier alpha value is -3.01. The molecule has 1 aliphatic rings. The van der Waals surface area contributed by atoms with Gasteiger partial charge in [-0.3, -0.25) is 10.1 Å². The highest BCUT2D eigenvalue weighted by Gasteiger charge is 2.23. The number of hydrogen-bond donors (Lipinski definition) is 2. The molecule has 3 aromatic carbocycles. The zero-order valence-electron chi connectivity index (χ0n) is 17.6. The van der Waals surface area contributed by atoms with Crippen molar-refractivity contribution in [1.82, 2.24) is 9.62 Å². The molecule has 1 heterocycles. The summed E-state index contributed by atoms with van der Waals surface area (Å²) in [5, 5.41) is 8.03. The summed E-state index contributed by atoms with van der Waals surface area (Å²) in [5.74, 6) is -0.270. The summed E-state index contributed by atoms with van der Waals surface area (Å²) in [7, 11) is -3.14. The van der Waals surface area contributed by atoms with E-state index in [-0.39, 0.29) is 11.0 Å². The molecule has 1 fully saturated rings. The highest BCUT2D eigenvalue weighted by molar-refractivity contribution is 7.88. The Morgan fingerprint density at radius 1 is 0.906 bits per heavy atom. The fourth-order valence-electron chi connectivity index (χ4n) is 3.70. The van der Waals surface area contributed by atoms with Gasteiger partial charge in [-0.2, -0.15) is 4.31 Å². The van der Waals surface area contributed by atoms with Crippen LogP contribution < -0.4 is 15.5 Å². The fraction of sp³-hybridized carbons (Fsp3) is 0.217. The third-order valence-electron chi connectivity index (χ3n) is 5.44. The maximum absolute atomic E-state index is 12.6. The number of sulfonamides is 1. The van der Waals surface area contributed by atoms with Crippen LogP contribution in [0.5, 0.6) is 0 Å². The Morgan fingerprint density at radius 3 is 2.22 bits per heavy atom. The zero-order valence-corrected chi connectivity index (χ0v) is 19.2. The number of amides is 1. The van der Waals surface area contributed by atoms with Crippen LogP contribution in [0.15, 0.2) is 66.7 Å². The molecule has 166 valence electrons. The van der Waals surface area contributed by atoms with Crippen LogP contribution in [0.1, 0.15) is 10.4 Å². The van der Waals surface area contributed by atoms with E-state index in [1.807, 2.05) is 60.7 Å². The van der Waals surface area contributed by atoms with Crippen LogP contribution in [-0.4, -0.2) is 56.2 Å². The van der Waals surface area contributed by atoms with E-state index in [1.165, 1.54) is 10.6 Å². The Bertz CT molecular complexity index is 1250. The first-order chi connectivity index (χ1) is 15.3. The van der Waals surface area contributed by atoms with Crippen molar-refractivity contribution in [3.8, 4) is 0 Å². The van der Waals surface area contributed by atoms with Crippen LogP contribution in [-0.2, 0) is 10.0 Å². The first-order valence-corrected chi connectivity index (χ1v) is 12.5. The standard InChI is InChI=1S/C23H24N4O3S2/c1-32(29,30)27-14-12-26(13-15-27)21-10-8-20(9-11-21)24-23(31)25-22(28)19-7-6-17-4-2-3-5-18(17)16-19/h2-11,16H,12-15H2,1H3,(H2,24,25,28,31). The number of nitrogens with zero attached hydrogens (tertiary/aromatic N) is 2. The molecule has 2 N–H and O–H groups in total. The average Bonchev–Trinajstić information content (AvgIpc) is 2.78. The normalized spacial score (nSPS) is 14.8. The van der Waals surface area contributed by atoms with Crippen molar-refractivity contribution in [2.75, 3.05) is 42.7 Å². The minimum Gasteiger partial charge on any atom is -0.369 e. The lowest BCUT2D eigenvalue weighted by atomic mass is 10.1. The number of rotatable bonds is 4. The molecule has 1 amide bonds. The van der Waals surface area contributed by atoms with E-state index in [4.69, 9.17) is 12.2 Å². The lowest BCUT2D eigenvalue weighted by molar-refractivity contribution is 0.0978. The molecular weight excluding hydrogens is 444 g/mol. The second-order valence-corrected chi connectivity index (χ2v) is 10.1.